The zero-order valence-electron chi connectivity index (χ0n) is 17.8. The van der Waals surface area contributed by atoms with Gasteiger partial charge in [0.25, 0.3) is 5.91 Å². The van der Waals surface area contributed by atoms with Crippen LogP contribution in [0.2, 0.25) is 0 Å². The summed E-state index contributed by atoms with van der Waals surface area (Å²) in [5.74, 6) is -1.35. The standard InChI is InChI=1S/C24H28N2O5/c1-2-17-6-8-18(9-7-17)21-20(22(27)19-5-3-14-31-19)23(28)24(29)26(21)11-4-10-25-12-15-30-16-13-25/h3,5-9,14,21,28H,2,4,10-13,15-16H2,1H3/t21-/m1/s1. The van der Waals surface area contributed by atoms with E-state index >= 15 is 0 Å². The molecule has 31 heavy (non-hydrogen) atoms. The molecule has 0 spiro atoms. The molecule has 2 aromatic rings. The molecule has 1 aromatic heterocycles. The van der Waals surface area contributed by atoms with Crippen molar-refractivity contribution in [2.45, 2.75) is 25.8 Å². The van der Waals surface area contributed by atoms with E-state index in [1.165, 1.54) is 11.8 Å². The average molecular weight is 424 g/mol. The number of carbonyl (C=O) groups excluding carboxylic acids is 2. The zero-order chi connectivity index (χ0) is 21.8. The second-order valence-corrected chi connectivity index (χ2v) is 7.87. The van der Waals surface area contributed by atoms with Crippen molar-refractivity contribution in [1.29, 1.82) is 0 Å². The SMILES string of the molecule is CCc1ccc([C@@H]2C(C(=O)c3ccco3)=C(O)C(=O)N2CCCN2CCOCC2)cc1. The number of carbonyl (C=O) groups is 2. The molecule has 0 unspecified atom stereocenters. The number of rotatable bonds is 8. The van der Waals surface area contributed by atoms with E-state index in [-0.39, 0.29) is 11.3 Å². The van der Waals surface area contributed by atoms with Crippen molar-refractivity contribution in [3.63, 3.8) is 0 Å². The Balaban J connectivity index is 1.59. The van der Waals surface area contributed by atoms with Crippen LogP contribution in [0.5, 0.6) is 0 Å². The number of aryl methyl sites for hydroxylation is 1. The highest BCUT2D eigenvalue weighted by Crippen LogP contribution is 2.39. The minimum Gasteiger partial charge on any atom is -0.503 e. The third-order valence-corrected chi connectivity index (χ3v) is 5.97. The summed E-state index contributed by atoms with van der Waals surface area (Å²) in [5.41, 5.74) is 2.05. The Morgan fingerprint density at radius 1 is 1.13 bits per heavy atom. The van der Waals surface area contributed by atoms with Gasteiger partial charge in [-0.2, -0.15) is 0 Å². The third-order valence-electron chi connectivity index (χ3n) is 5.97. The van der Waals surface area contributed by atoms with E-state index < -0.39 is 23.5 Å². The maximum absolute atomic E-state index is 13.1. The molecule has 1 amide bonds. The van der Waals surface area contributed by atoms with Gasteiger partial charge in [-0.3, -0.25) is 14.5 Å². The molecule has 1 atom stereocenters. The molecule has 1 aromatic carbocycles. The van der Waals surface area contributed by atoms with Gasteiger partial charge in [-0.15, -0.1) is 0 Å². The van der Waals surface area contributed by atoms with Crippen molar-refractivity contribution in [1.82, 2.24) is 9.80 Å². The topological polar surface area (TPSA) is 83.2 Å². The predicted octanol–water partition coefficient (Wildman–Crippen LogP) is 3.14. The Hall–Kier alpha value is -2.90. The lowest BCUT2D eigenvalue weighted by atomic mass is 9.94. The number of ketones is 1. The summed E-state index contributed by atoms with van der Waals surface area (Å²) in [4.78, 5) is 30.0. The zero-order valence-corrected chi connectivity index (χ0v) is 17.8. The number of amides is 1. The van der Waals surface area contributed by atoms with Gasteiger partial charge in [-0.1, -0.05) is 31.2 Å². The second-order valence-electron chi connectivity index (χ2n) is 7.87. The summed E-state index contributed by atoms with van der Waals surface area (Å²) in [6.45, 7) is 6.54. The van der Waals surface area contributed by atoms with Crippen molar-refractivity contribution < 1.29 is 23.8 Å². The van der Waals surface area contributed by atoms with E-state index in [0.29, 0.717) is 6.54 Å². The van der Waals surface area contributed by atoms with Crippen LogP contribution in [0.25, 0.3) is 0 Å². The van der Waals surface area contributed by atoms with Crippen molar-refractivity contribution in [3.8, 4) is 0 Å². The summed E-state index contributed by atoms with van der Waals surface area (Å²) >= 11 is 0. The first kappa shape index (κ1) is 21.3. The van der Waals surface area contributed by atoms with E-state index in [1.807, 2.05) is 24.3 Å². The number of morpholine rings is 1. The van der Waals surface area contributed by atoms with E-state index in [4.69, 9.17) is 9.15 Å². The summed E-state index contributed by atoms with van der Waals surface area (Å²) in [6, 6.07) is 10.4. The molecular formula is C24H28N2O5. The monoisotopic (exact) mass is 424 g/mol. The van der Waals surface area contributed by atoms with Crippen LogP contribution in [0.4, 0.5) is 0 Å². The second kappa shape index (κ2) is 9.49. The van der Waals surface area contributed by atoms with Gasteiger partial charge in [0.1, 0.15) is 0 Å². The highest BCUT2D eigenvalue weighted by Gasteiger charge is 2.44. The number of benzene rings is 1. The summed E-state index contributed by atoms with van der Waals surface area (Å²) in [5, 5.41) is 10.7. The molecule has 7 nitrogen and oxygen atoms in total. The fourth-order valence-electron chi connectivity index (χ4n) is 4.23. The minimum absolute atomic E-state index is 0.0792. The number of aliphatic hydroxyl groups excluding tert-OH is 1. The number of Topliss-reactive ketones (excluding diaryl/α,β-unsaturated/α-hetero) is 1. The van der Waals surface area contributed by atoms with Gasteiger partial charge < -0.3 is 19.2 Å². The molecule has 0 aliphatic carbocycles. The molecule has 7 heteroatoms. The molecule has 1 saturated heterocycles. The summed E-state index contributed by atoms with van der Waals surface area (Å²) in [7, 11) is 0. The van der Waals surface area contributed by atoms with Crippen LogP contribution in [-0.2, 0) is 16.0 Å². The average Bonchev–Trinajstić information content (AvgIpc) is 3.43. The normalized spacial score (nSPS) is 20.0. The number of furan rings is 1. The highest BCUT2D eigenvalue weighted by atomic mass is 16.5. The van der Waals surface area contributed by atoms with Crippen LogP contribution >= 0.6 is 0 Å². The Morgan fingerprint density at radius 3 is 2.52 bits per heavy atom. The van der Waals surface area contributed by atoms with Crippen molar-refractivity contribution in [2.24, 2.45) is 0 Å². The molecule has 0 bridgehead atoms. The predicted molar refractivity (Wildman–Crippen MR) is 115 cm³/mol. The van der Waals surface area contributed by atoms with E-state index in [1.54, 1.807) is 17.0 Å². The van der Waals surface area contributed by atoms with Crippen LogP contribution < -0.4 is 0 Å². The first-order valence-corrected chi connectivity index (χ1v) is 10.8. The maximum atomic E-state index is 13.1. The quantitative estimate of drug-likeness (QED) is 0.656. The third kappa shape index (κ3) is 4.43. The van der Waals surface area contributed by atoms with Gasteiger partial charge in [0, 0.05) is 26.2 Å². The smallest absolute Gasteiger partial charge is 0.290 e. The fraction of sp³-hybridized carbons (Fsp3) is 0.417. The molecule has 3 heterocycles. The van der Waals surface area contributed by atoms with Gasteiger partial charge >= 0.3 is 0 Å². The van der Waals surface area contributed by atoms with Gasteiger partial charge in [0.15, 0.2) is 11.5 Å². The number of hydrogen-bond donors (Lipinski definition) is 1. The molecule has 0 radical (unpaired) electrons. The number of aliphatic hydroxyl groups is 1. The van der Waals surface area contributed by atoms with Gasteiger partial charge in [-0.05, 0) is 36.1 Å². The Kier molecular flexibility index (Phi) is 6.53. The van der Waals surface area contributed by atoms with Crippen molar-refractivity contribution in [3.05, 3.63) is 70.9 Å². The summed E-state index contributed by atoms with van der Waals surface area (Å²) in [6.07, 6.45) is 3.05. The molecule has 2 aliphatic rings. The van der Waals surface area contributed by atoms with Crippen LogP contribution in [0, 0.1) is 0 Å². The Labute approximate surface area is 181 Å². The molecule has 2 aliphatic heterocycles. The Morgan fingerprint density at radius 2 is 1.87 bits per heavy atom. The first-order valence-electron chi connectivity index (χ1n) is 10.8. The minimum atomic E-state index is -0.638. The lowest BCUT2D eigenvalue weighted by Gasteiger charge is -2.30. The molecular weight excluding hydrogens is 396 g/mol. The molecule has 164 valence electrons. The van der Waals surface area contributed by atoms with Gasteiger partial charge in [0.05, 0.1) is 31.1 Å². The van der Waals surface area contributed by atoms with E-state index in [2.05, 4.69) is 11.8 Å². The van der Waals surface area contributed by atoms with Crippen LogP contribution in [0.1, 0.15) is 41.1 Å². The molecule has 4 rings (SSSR count). The number of hydrogen-bond acceptors (Lipinski definition) is 6. The Bertz CT molecular complexity index is 943. The van der Waals surface area contributed by atoms with Crippen molar-refractivity contribution >= 4 is 11.7 Å². The molecule has 1 N–H and O–H groups in total. The lowest BCUT2D eigenvalue weighted by molar-refractivity contribution is -0.129. The van der Waals surface area contributed by atoms with E-state index in [9.17, 15) is 14.7 Å². The van der Waals surface area contributed by atoms with Crippen LogP contribution in [-0.4, -0.2) is 66.0 Å². The van der Waals surface area contributed by atoms with Crippen LogP contribution in [0.15, 0.2) is 58.4 Å². The number of nitrogens with zero attached hydrogens (tertiary/aromatic N) is 2. The highest BCUT2D eigenvalue weighted by molar-refractivity contribution is 6.15. The summed E-state index contributed by atoms with van der Waals surface area (Å²) < 4.78 is 10.7. The van der Waals surface area contributed by atoms with Crippen LogP contribution in [0.3, 0.4) is 0 Å². The lowest BCUT2D eigenvalue weighted by Crippen LogP contribution is -2.39. The fourth-order valence-corrected chi connectivity index (χ4v) is 4.23. The largest absolute Gasteiger partial charge is 0.503 e. The molecule has 0 saturated carbocycles. The van der Waals surface area contributed by atoms with Gasteiger partial charge in [-0.25, -0.2) is 0 Å². The maximum Gasteiger partial charge on any atom is 0.290 e. The first-order chi connectivity index (χ1) is 15.1. The van der Waals surface area contributed by atoms with E-state index in [0.717, 1.165) is 51.3 Å². The van der Waals surface area contributed by atoms with Crippen molar-refractivity contribution in [2.75, 3.05) is 39.4 Å². The van der Waals surface area contributed by atoms with Gasteiger partial charge in [0.2, 0.25) is 5.78 Å². The number of ether oxygens (including phenoxy) is 1. The molecule has 1 fully saturated rings.